The van der Waals surface area contributed by atoms with Gasteiger partial charge in [-0.05, 0) is 62.3 Å². The SMILES string of the molecule is COc1ccc(C(=O)CN2CCC(c3nnc(-c4ccccc4OC)s3)CC2)cc1. The van der Waals surface area contributed by atoms with E-state index in [-0.39, 0.29) is 5.78 Å². The fourth-order valence-corrected chi connectivity index (χ4v) is 4.78. The number of ether oxygens (including phenoxy) is 2. The summed E-state index contributed by atoms with van der Waals surface area (Å²) in [5, 5.41) is 10.8. The Balaban J connectivity index is 1.34. The molecule has 1 saturated heterocycles. The van der Waals surface area contributed by atoms with Crippen LogP contribution in [-0.2, 0) is 0 Å². The summed E-state index contributed by atoms with van der Waals surface area (Å²) in [5.74, 6) is 2.10. The summed E-state index contributed by atoms with van der Waals surface area (Å²) < 4.78 is 10.6. The van der Waals surface area contributed by atoms with E-state index in [0.29, 0.717) is 12.5 Å². The van der Waals surface area contributed by atoms with Crippen molar-refractivity contribution in [1.82, 2.24) is 15.1 Å². The number of nitrogens with zero attached hydrogens (tertiary/aromatic N) is 3. The van der Waals surface area contributed by atoms with E-state index in [2.05, 4.69) is 15.1 Å². The van der Waals surface area contributed by atoms with Crippen molar-refractivity contribution in [2.45, 2.75) is 18.8 Å². The number of carbonyl (C=O) groups excluding carboxylic acids is 1. The summed E-state index contributed by atoms with van der Waals surface area (Å²) in [6.45, 7) is 2.22. The highest BCUT2D eigenvalue weighted by Crippen LogP contribution is 2.36. The van der Waals surface area contributed by atoms with Crippen LogP contribution < -0.4 is 9.47 Å². The summed E-state index contributed by atoms with van der Waals surface area (Å²) in [6, 6.07) is 15.2. The molecule has 0 spiro atoms. The maximum absolute atomic E-state index is 12.6. The van der Waals surface area contributed by atoms with E-state index in [4.69, 9.17) is 9.47 Å². The molecule has 4 rings (SSSR count). The number of hydrogen-bond donors (Lipinski definition) is 0. The maximum Gasteiger partial charge on any atom is 0.176 e. The number of rotatable bonds is 7. The lowest BCUT2D eigenvalue weighted by Crippen LogP contribution is -2.36. The smallest absolute Gasteiger partial charge is 0.176 e. The summed E-state index contributed by atoms with van der Waals surface area (Å²) >= 11 is 1.64. The number of carbonyl (C=O) groups is 1. The van der Waals surface area contributed by atoms with Crippen LogP contribution in [0.25, 0.3) is 10.6 Å². The summed E-state index contributed by atoms with van der Waals surface area (Å²) in [6.07, 6.45) is 1.97. The Bertz CT molecular complexity index is 995. The van der Waals surface area contributed by atoms with Crippen LogP contribution in [0.1, 0.15) is 34.1 Å². The molecule has 7 heteroatoms. The lowest BCUT2D eigenvalue weighted by atomic mass is 9.97. The monoisotopic (exact) mass is 423 g/mol. The number of hydrogen-bond acceptors (Lipinski definition) is 7. The zero-order valence-corrected chi connectivity index (χ0v) is 18.0. The van der Waals surface area contributed by atoms with E-state index < -0.39 is 0 Å². The molecule has 0 aliphatic carbocycles. The number of methoxy groups -OCH3 is 2. The topological polar surface area (TPSA) is 64.5 Å². The van der Waals surface area contributed by atoms with E-state index in [9.17, 15) is 4.79 Å². The van der Waals surface area contributed by atoms with Crippen LogP contribution in [0.4, 0.5) is 0 Å². The van der Waals surface area contributed by atoms with Gasteiger partial charge in [-0.15, -0.1) is 10.2 Å². The van der Waals surface area contributed by atoms with Crippen LogP contribution in [0.15, 0.2) is 48.5 Å². The highest BCUT2D eigenvalue weighted by Gasteiger charge is 2.25. The average Bonchev–Trinajstić information content (AvgIpc) is 3.29. The zero-order chi connectivity index (χ0) is 20.9. The Labute approximate surface area is 180 Å². The van der Waals surface area contributed by atoms with Crippen molar-refractivity contribution >= 4 is 17.1 Å². The van der Waals surface area contributed by atoms with Gasteiger partial charge in [0.15, 0.2) is 10.8 Å². The largest absolute Gasteiger partial charge is 0.497 e. The minimum atomic E-state index is 0.144. The molecule has 2 heterocycles. The minimum Gasteiger partial charge on any atom is -0.497 e. The predicted molar refractivity (Wildman–Crippen MR) is 118 cm³/mol. The molecule has 0 N–H and O–H groups in total. The zero-order valence-electron chi connectivity index (χ0n) is 17.2. The molecule has 0 bridgehead atoms. The number of ketones is 1. The van der Waals surface area contributed by atoms with Gasteiger partial charge in [0.25, 0.3) is 0 Å². The molecule has 30 heavy (non-hydrogen) atoms. The Kier molecular flexibility index (Phi) is 6.40. The molecule has 1 aromatic heterocycles. The van der Waals surface area contributed by atoms with Gasteiger partial charge in [-0.25, -0.2) is 0 Å². The highest BCUT2D eigenvalue weighted by molar-refractivity contribution is 7.14. The van der Waals surface area contributed by atoms with Crippen molar-refractivity contribution in [2.75, 3.05) is 33.9 Å². The molecule has 1 aliphatic heterocycles. The average molecular weight is 424 g/mol. The maximum atomic E-state index is 12.6. The third kappa shape index (κ3) is 4.52. The predicted octanol–water partition coefficient (Wildman–Crippen LogP) is 4.28. The molecule has 0 saturated carbocycles. The van der Waals surface area contributed by atoms with Crippen molar-refractivity contribution in [3.63, 3.8) is 0 Å². The summed E-state index contributed by atoms with van der Waals surface area (Å²) in [4.78, 5) is 14.8. The molecular weight excluding hydrogens is 398 g/mol. The van der Waals surface area contributed by atoms with Crippen molar-refractivity contribution in [3.8, 4) is 22.1 Å². The number of para-hydroxylation sites is 1. The number of likely N-dealkylation sites (tertiary alicyclic amines) is 1. The van der Waals surface area contributed by atoms with Crippen LogP contribution in [0.3, 0.4) is 0 Å². The number of Topliss-reactive ketones (excluding diaryl/α,β-unsaturated/α-hetero) is 1. The van der Waals surface area contributed by atoms with Gasteiger partial charge in [0.1, 0.15) is 16.5 Å². The van der Waals surface area contributed by atoms with Gasteiger partial charge in [0.05, 0.1) is 26.3 Å². The standard InChI is InChI=1S/C23H25N3O3S/c1-28-18-9-7-16(8-10-18)20(27)15-26-13-11-17(12-14-26)22-24-25-23(30-22)19-5-3-4-6-21(19)29-2/h3-10,17H,11-15H2,1-2H3. The van der Waals surface area contributed by atoms with E-state index in [1.54, 1.807) is 25.6 Å². The number of piperidine rings is 1. The van der Waals surface area contributed by atoms with Gasteiger partial charge in [-0.2, -0.15) is 0 Å². The van der Waals surface area contributed by atoms with Gasteiger partial charge in [-0.3, -0.25) is 9.69 Å². The van der Waals surface area contributed by atoms with Crippen LogP contribution in [0.5, 0.6) is 11.5 Å². The molecule has 2 aromatic carbocycles. The first kappa shape index (κ1) is 20.5. The molecule has 6 nitrogen and oxygen atoms in total. The molecule has 3 aromatic rings. The second-order valence-corrected chi connectivity index (χ2v) is 8.36. The second-order valence-electron chi connectivity index (χ2n) is 7.35. The summed E-state index contributed by atoms with van der Waals surface area (Å²) in [7, 11) is 3.29. The molecule has 1 aliphatic rings. The second kappa shape index (κ2) is 9.36. The first-order chi connectivity index (χ1) is 14.7. The first-order valence-electron chi connectivity index (χ1n) is 10.0. The van der Waals surface area contributed by atoms with Gasteiger partial charge in [0, 0.05) is 11.5 Å². The molecule has 0 unspecified atom stereocenters. The van der Waals surface area contributed by atoms with Gasteiger partial charge < -0.3 is 9.47 Å². The van der Waals surface area contributed by atoms with Crippen LogP contribution in [0, 0.1) is 0 Å². The molecule has 0 amide bonds. The highest BCUT2D eigenvalue weighted by atomic mass is 32.1. The Hall–Kier alpha value is -2.77. The summed E-state index contributed by atoms with van der Waals surface area (Å²) in [5.41, 5.74) is 1.70. The van der Waals surface area contributed by atoms with E-state index in [1.165, 1.54) is 0 Å². The normalized spacial score (nSPS) is 15.1. The van der Waals surface area contributed by atoms with Crippen LogP contribution >= 0.6 is 11.3 Å². The van der Waals surface area contributed by atoms with Gasteiger partial charge >= 0.3 is 0 Å². The molecule has 0 atom stereocenters. The van der Waals surface area contributed by atoms with E-state index in [1.807, 2.05) is 48.5 Å². The van der Waals surface area contributed by atoms with Crippen LogP contribution in [-0.4, -0.2) is 54.7 Å². The Morgan fingerprint density at radius 1 is 1.03 bits per heavy atom. The van der Waals surface area contributed by atoms with Crippen molar-refractivity contribution < 1.29 is 14.3 Å². The Morgan fingerprint density at radius 3 is 2.47 bits per heavy atom. The third-order valence-electron chi connectivity index (χ3n) is 5.49. The van der Waals surface area contributed by atoms with Crippen molar-refractivity contribution in [2.24, 2.45) is 0 Å². The fraction of sp³-hybridized carbons (Fsp3) is 0.348. The lowest BCUT2D eigenvalue weighted by Gasteiger charge is -2.30. The molecule has 0 radical (unpaired) electrons. The fourth-order valence-electron chi connectivity index (χ4n) is 3.74. The molecule has 1 fully saturated rings. The minimum absolute atomic E-state index is 0.144. The molecular formula is C23H25N3O3S. The quantitative estimate of drug-likeness (QED) is 0.529. The first-order valence-corrected chi connectivity index (χ1v) is 10.9. The van der Waals surface area contributed by atoms with Gasteiger partial charge in [-0.1, -0.05) is 23.5 Å². The van der Waals surface area contributed by atoms with Crippen LogP contribution in [0.2, 0.25) is 0 Å². The number of aromatic nitrogens is 2. The third-order valence-corrected chi connectivity index (χ3v) is 6.61. The van der Waals surface area contributed by atoms with Crippen molar-refractivity contribution in [3.05, 3.63) is 59.1 Å². The van der Waals surface area contributed by atoms with E-state index in [0.717, 1.165) is 58.6 Å². The molecule has 156 valence electrons. The number of benzene rings is 2. The Morgan fingerprint density at radius 2 is 1.77 bits per heavy atom. The van der Waals surface area contributed by atoms with Crippen molar-refractivity contribution in [1.29, 1.82) is 0 Å². The van der Waals surface area contributed by atoms with E-state index >= 15 is 0 Å². The van der Waals surface area contributed by atoms with Gasteiger partial charge in [0.2, 0.25) is 0 Å². The lowest BCUT2D eigenvalue weighted by molar-refractivity contribution is 0.0909.